The lowest BCUT2D eigenvalue weighted by molar-refractivity contribution is 0.262. The molecule has 116 valence electrons. The molecular formula is C17H26N2OS. The van der Waals surface area contributed by atoms with Gasteiger partial charge in [0, 0.05) is 11.5 Å². The molecular weight excluding hydrogens is 280 g/mol. The van der Waals surface area contributed by atoms with Gasteiger partial charge in [-0.15, -0.1) is 0 Å². The van der Waals surface area contributed by atoms with E-state index in [9.17, 15) is 4.21 Å². The molecule has 1 aliphatic carbocycles. The summed E-state index contributed by atoms with van der Waals surface area (Å²) in [4.78, 5) is 0. The number of hydrogen-bond acceptors (Lipinski definition) is 2. The summed E-state index contributed by atoms with van der Waals surface area (Å²) >= 11 is 0. The highest BCUT2D eigenvalue weighted by Gasteiger charge is 2.48. The van der Waals surface area contributed by atoms with Crippen molar-refractivity contribution in [1.82, 2.24) is 10.0 Å². The van der Waals surface area contributed by atoms with E-state index in [4.69, 9.17) is 0 Å². The molecule has 1 saturated heterocycles. The summed E-state index contributed by atoms with van der Waals surface area (Å²) in [6.07, 6.45) is 3.25. The first-order valence-corrected chi connectivity index (χ1v) is 9.06. The summed E-state index contributed by atoms with van der Waals surface area (Å²) in [7, 11) is -1.01. The third-order valence-corrected chi connectivity index (χ3v) is 6.56. The smallest absolute Gasteiger partial charge is 0.0973 e. The average molecular weight is 306 g/mol. The molecule has 1 heterocycles. The quantitative estimate of drug-likeness (QED) is 0.880. The topological polar surface area (TPSA) is 41.1 Å². The van der Waals surface area contributed by atoms with Gasteiger partial charge < -0.3 is 5.32 Å². The van der Waals surface area contributed by atoms with Crippen LogP contribution in [0.2, 0.25) is 0 Å². The third kappa shape index (κ3) is 2.69. The predicted molar refractivity (Wildman–Crippen MR) is 88.7 cm³/mol. The van der Waals surface area contributed by atoms with Crippen molar-refractivity contribution in [2.45, 2.75) is 56.2 Å². The van der Waals surface area contributed by atoms with E-state index in [-0.39, 0.29) is 16.2 Å². The van der Waals surface area contributed by atoms with Crippen molar-refractivity contribution in [3.63, 3.8) is 0 Å². The highest BCUT2D eigenvalue weighted by molar-refractivity contribution is 7.84. The highest BCUT2D eigenvalue weighted by atomic mass is 32.2. The minimum absolute atomic E-state index is 0.156. The lowest BCUT2D eigenvalue weighted by Crippen LogP contribution is -2.53. The van der Waals surface area contributed by atoms with Gasteiger partial charge in [0.1, 0.15) is 0 Å². The average Bonchev–Trinajstić information content (AvgIpc) is 2.73. The lowest BCUT2D eigenvalue weighted by atomic mass is 9.72. The van der Waals surface area contributed by atoms with Crippen LogP contribution in [0.15, 0.2) is 24.3 Å². The summed E-state index contributed by atoms with van der Waals surface area (Å²) in [5.74, 6) is 0. The van der Waals surface area contributed by atoms with Crippen molar-refractivity contribution < 1.29 is 4.21 Å². The van der Waals surface area contributed by atoms with E-state index >= 15 is 0 Å². The molecule has 1 aliphatic heterocycles. The molecule has 2 N–H and O–H groups in total. The third-order valence-electron chi connectivity index (χ3n) is 4.95. The molecule has 0 amide bonds. The fourth-order valence-corrected chi connectivity index (χ4v) is 4.66. The second-order valence-corrected chi connectivity index (χ2v) is 9.32. The molecule has 2 atom stereocenters. The minimum atomic E-state index is -1.01. The van der Waals surface area contributed by atoms with Gasteiger partial charge in [0.15, 0.2) is 0 Å². The van der Waals surface area contributed by atoms with Crippen molar-refractivity contribution in [3.05, 3.63) is 35.4 Å². The van der Waals surface area contributed by atoms with Gasteiger partial charge in [-0.05, 0) is 64.3 Å². The molecule has 2 unspecified atom stereocenters. The van der Waals surface area contributed by atoms with Crippen LogP contribution in [0, 0.1) is 0 Å². The predicted octanol–water partition coefficient (Wildman–Crippen LogP) is 2.28. The number of hydrogen-bond donors (Lipinski definition) is 2. The Hall–Kier alpha value is -0.710. The summed E-state index contributed by atoms with van der Waals surface area (Å²) in [5, 5.41) is 3.47. The summed E-state index contributed by atoms with van der Waals surface area (Å²) in [6.45, 7) is 8.21. The maximum Gasteiger partial charge on any atom is 0.0973 e. The van der Waals surface area contributed by atoms with Crippen LogP contribution in [-0.2, 0) is 22.8 Å². The van der Waals surface area contributed by atoms with E-state index in [0.717, 1.165) is 32.4 Å². The van der Waals surface area contributed by atoms with Gasteiger partial charge in [-0.1, -0.05) is 24.3 Å². The Morgan fingerprint density at radius 1 is 1.24 bits per heavy atom. The van der Waals surface area contributed by atoms with Crippen molar-refractivity contribution in [2.24, 2.45) is 0 Å². The van der Waals surface area contributed by atoms with Gasteiger partial charge in [-0.25, -0.2) is 8.93 Å². The molecule has 3 nitrogen and oxygen atoms in total. The number of nitrogens with one attached hydrogen (secondary N) is 2. The SMILES string of the molecule is CC(C)(C)S(=O)NC1Cc2ccccc2C12CCNCC2. The molecule has 3 rings (SSSR count). The van der Waals surface area contributed by atoms with E-state index < -0.39 is 11.0 Å². The standard InChI is InChI=1S/C17H26N2OS/c1-16(2,3)21(20)19-15-12-13-6-4-5-7-14(13)17(15)8-10-18-11-9-17/h4-7,15,18-19H,8-12H2,1-3H3. The van der Waals surface area contributed by atoms with Gasteiger partial charge in [-0.3, -0.25) is 0 Å². The minimum Gasteiger partial charge on any atom is -0.317 e. The fourth-order valence-electron chi connectivity index (χ4n) is 3.74. The second-order valence-electron chi connectivity index (χ2n) is 7.32. The summed E-state index contributed by atoms with van der Waals surface area (Å²) in [5.41, 5.74) is 3.07. The summed E-state index contributed by atoms with van der Waals surface area (Å²) < 4.78 is 15.8. The van der Waals surface area contributed by atoms with Crippen LogP contribution in [-0.4, -0.2) is 28.1 Å². The molecule has 2 aliphatic rings. The van der Waals surface area contributed by atoms with Crippen molar-refractivity contribution in [2.75, 3.05) is 13.1 Å². The molecule has 1 spiro atoms. The zero-order valence-corrected chi connectivity index (χ0v) is 14.1. The first-order chi connectivity index (χ1) is 9.93. The van der Waals surface area contributed by atoms with Crippen LogP contribution >= 0.6 is 0 Å². The maximum atomic E-state index is 12.6. The Bertz CT molecular complexity index is 544. The Balaban J connectivity index is 1.92. The second kappa shape index (κ2) is 5.49. The van der Waals surface area contributed by atoms with Crippen molar-refractivity contribution >= 4 is 11.0 Å². The summed E-state index contributed by atoms with van der Waals surface area (Å²) in [6, 6.07) is 9.07. The molecule has 1 fully saturated rings. The molecule has 1 aromatic rings. The normalized spacial score (nSPS) is 25.8. The van der Waals surface area contributed by atoms with Gasteiger partial charge in [0.2, 0.25) is 0 Å². The van der Waals surface area contributed by atoms with Crippen LogP contribution in [0.3, 0.4) is 0 Å². The highest BCUT2D eigenvalue weighted by Crippen LogP contribution is 2.45. The monoisotopic (exact) mass is 306 g/mol. The van der Waals surface area contributed by atoms with Crippen molar-refractivity contribution in [1.29, 1.82) is 0 Å². The molecule has 0 bridgehead atoms. The zero-order chi connectivity index (χ0) is 15.1. The molecule has 21 heavy (non-hydrogen) atoms. The molecule has 0 aromatic heterocycles. The Kier molecular flexibility index (Phi) is 3.97. The fraction of sp³-hybridized carbons (Fsp3) is 0.647. The molecule has 4 heteroatoms. The molecule has 0 saturated carbocycles. The van der Waals surface area contributed by atoms with E-state index in [1.165, 1.54) is 11.1 Å². The maximum absolute atomic E-state index is 12.6. The van der Waals surface area contributed by atoms with E-state index in [1.807, 2.05) is 20.8 Å². The van der Waals surface area contributed by atoms with Crippen LogP contribution in [0.1, 0.15) is 44.7 Å². The largest absolute Gasteiger partial charge is 0.317 e. The lowest BCUT2D eigenvalue weighted by Gasteiger charge is -2.41. The van der Waals surface area contributed by atoms with Crippen LogP contribution < -0.4 is 10.0 Å². The number of benzene rings is 1. The number of fused-ring (bicyclic) bond motifs is 2. The molecule has 1 aromatic carbocycles. The zero-order valence-electron chi connectivity index (χ0n) is 13.2. The van der Waals surface area contributed by atoms with Crippen LogP contribution in [0.4, 0.5) is 0 Å². The van der Waals surface area contributed by atoms with Crippen LogP contribution in [0.5, 0.6) is 0 Å². The van der Waals surface area contributed by atoms with E-state index in [2.05, 4.69) is 34.3 Å². The van der Waals surface area contributed by atoms with Gasteiger partial charge in [-0.2, -0.15) is 0 Å². The van der Waals surface area contributed by atoms with Gasteiger partial charge in [0.25, 0.3) is 0 Å². The first-order valence-electron chi connectivity index (χ1n) is 7.91. The Morgan fingerprint density at radius 2 is 1.90 bits per heavy atom. The van der Waals surface area contributed by atoms with E-state index in [0.29, 0.717) is 0 Å². The van der Waals surface area contributed by atoms with Gasteiger partial charge in [0.05, 0.1) is 15.7 Å². The Morgan fingerprint density at radius 3 is 2.57 bits per heavy atom. The van der Waals surface area contributed by atoms with E-state index in [1.54, 1.807) is 0 Å². The van der Waals surface area contributed by atoms with Gasteiger partial charge >= 0.3 is 0 Å². The Labute approximate surface area is 130 Å². The number of piperidine rings is 1. The first kappa shape index (κ1) is 15.2. The molecule has 0 radical (unpaired) electrons. The van der Waals surface area contributed by atoms with Crippen LogP contribution in [0.25, 0.3) is 0 Å². The number of rotatable bonds is 2. The van der Waals surface area contributed by atoms with Crippen molar-refractivity contribution in [3.8, 4) is 0 Å².